The Morgan fingerprint density at radius 2 is 1.68 bits per heavy atom. The van der Waals surface area contributed by atoms with Crippen molar-refractivity contribution in [1.29, 1.82) is 0 Å². The van der Waals surface area contributed by atoms with Gasteiger partial charge < -0.3 is 4.90 Å². The van der Waals surface area contributed by atoms with Crippen LogP contribution in [0.4, 0.5) is 0 Å². The van der Waals surface area contributed by atoms with Crippen LogP contribution < -0.4 is 0 Å². The Hall–Kier alpha value is -2.19. The van der Waals surface area contributed by atoms with E-state index in [1.807, 2.05) is 23.1 Å². The zero-order valence-electron chi connectivity index (χ0n) is 19.4. The Morgan fingerprint density at radius 1 is 0.971 bits per heavy atom. The molecule has 1 atom stereocenters. The third-order valence-electron chi connectivity index (χ3n) is 6.55. The maximum atomic E-state index is 13.2. The number of amides is 1. The quantitative estimate of drug-likeness (QED) is 0.580. The fourth-order valence-corrected chi connectivity index (χ4v) is 6.33. The molecule has 34 heavy (non-hydrogen) atoms. The summed E-state index contributed by atoms with van der Waals surface area (Å²) in [5.41, 5.74) is 1.89. The standard InChI is InChI=1S/C26H32ClN3O3S/c27-25-12-10-23(11-13-25)21-34(32,33)30-15-5-9-24(20-30)26(31)29-18-16-28(17-19-29)14-4-8-22-6-2-1-3-7-22/h1-4,6-8,10-13,24H,5,9,14-21H2/b8-4+/t24-/m0/s1. The molecule has 1 amide bonds. The fourth-order valence-electron chi connectivity index (χ4n) is 4.59. The summed E-state index contributed by atoms with van der Waals surface area (Å²) in [6, 6.07) is 17.1. The van der Waals surface area contributed by atoms with E-state index in [4.69, 9.17) is 11.6 Å². The summed E-state index contributed by atoms with van der Waals surface area (Å²) < 4.78 is 27.5. The number of carbonyl (C=O) groups excluding carboxylic acids is 1. The van der Waals surface area contributed by atoms with E-state index in [2.05, 4.69) is 29.2 Å². The monoisotopic (exact) mass is 501 g/mol. The molecule has 0 aromatic heterocycles. The third kappa shape index (κ3) is 6.69. The summed E-state index contributed by atoms with van der Waals surface area (Å²) in [4.78, 5) is 17.4. The molecule has 6 nitrogen and oxygen atoms in total. The molecule has 0 spiro atoms. The maximum Gasteiger partial charge on any atom is 0.227 e. The minimum atomic E-state index is -3.48. The van der Waals surface area contributed by atoms with Gasteiger partial charge in [-0.25, -0.2) is 12.7 Å². The average Bonchev–Trinajstić information content (AvgIpc) is 2.86. The van der Waals surface area contributed by atoms with Gasteiger partial charge >= 0.3 is 0 Å². The lowest BCUT2D eigenvalue weighted by molar-refractivity contribution is -0.138. The highest BCUT2D eigenvalue weighted by molar-refractivity contribution is 7.88. The van der Waals surface area contributed by atoms with Crippen LogP contribution >= 0.6 is 11.6 Å². The number of halogens is 1. The first-order valence-electron chi connectivity index (χ1n) is 11.9. The van der Waals surface area contributed by atoms with Crippen molar-refractivity contribution >= 4 is 33.6 Å². The Bertz CT molecular complexity index is 1080. The number of hydrogen-bond acceptors (Lipinski definition) is 4. The van der Waals surface area contributed by atoms with E-state index in [0.29, 0.717) is 36.6 Å². The number of benzene rings is 2. The van der Waals surface area contributed by atoms with Crippen LogP contribution in [0.15, 0.2) is 60.7 Å². The van der Waals surface area contributed by atoms with Crippen molar-refractivity contribution in [3.63, 3.8) is 0 Å². The zero-order chi connectivity index (χ0) is 24.0. The zero-order valence-corrected chi connectivity index (χ0v) is 20.9. The smallest absolute Gasteiger partial charge is 0.227 e. The van der Waals surface area contributed by atoms with Gasteiger partial charge in [-0.1, -0.05) is 66.2 Å². The van der Waals surface area contributed by atoms with E-state index in [-0.39, 0.29) is 24.1 Å². The van der Waals surface area contributed by atoms with Crippen molar-refractivity contribution in [2.75, 3.05) is 45.8 Å². The predicted octanol–water partition coefficient (Wildman–Crippen LogP) is 3.74. The number of piperidine rings is 1. The first-order chi connectivity index (χ1) is 16.4. The summed E-state index contributed by atoms with van der Waals surface area (Å²) in [6.07, 6.45) is 5.74. The summed E-state index contributed by atoms with van der Waals surface area (Å²) in [6.45, 7) is 4.64. The summed E-state index contributed by atoms with van der Waals surface area (Å²) in [5.74, 6) is -0.246. The van der Waals surface area contributed by atoms with Crippen molar-refractivity contribution < 1.29 is 13.2 Å². The molecule has 2 saturated heterocycles. The Balaban J connectivity index is 1.27. The Kier molecular flexibility index (Phi) is 8.42. The Labute approximate surface area is 207 Å². The number of nitrogens with zero attached hydrogens (tertiary/aromatic N) is 3. The van der Waals surface area contributed by atoms with Gasteiger partial charge in [-0.15, -0.1) is 0 Å². The molecule has 2 aliphatic rings. The second-order valence-electron chi connectivity index (χ2n) is 9.02. The Morgan fingerprint density at radius 3 is 2.38 bits per heavy atom. The fraction of sp³-hybridized carbons (Fsp3) is 0.423. The molecule has 0 aliphatic carbocycles. The van der Waals surface area contributed by atoms with E-state index in [1.54, 1.807) is 24.3 Å². The highest BCUT2D eigenvalue weighted by atomic mass is 35.5. The molecular formula is C26H32ClN3O3S. The minimum Gasteiger partial charge on any atom is -0.340 e. The van der Waals surface area contributed by atoms with Crippen LogP contribution in [-0.2, 0) is 20.6 Å². The predicted molar refractivity (Wildman–Crippen MR) is 137 cm³/mol. The van der Waals surface area contributed by atoms with E-state index in [9.17, 15) is 13.2 Å². The molecule has 0 unspecified atom stereocenters. The van der Waals surface area contributed by atoms with E-state index < -0.39 is 10.0 Å². The van der Waals surface area contributed by atoms with Gasteiger partial charge in [0.15, 0.2) is 0 Å². The number of sulfonamides is 1. The maximum absolute atomic E-state index is 13.2. The molecule has 2 aliphatic heterocycles. The van der Waals surface area contributed by atoms with E-state index >= 15 is 0 Å². The van der Waals surface area contributed by atoms with Gasteiger partial charge in [0.05, 0.1) is 11.7 Å². The van der Waals surface area contributed by atoms with Crippen LogP contribution in [0.1, 0.15) is 24.0 Å². The number of rotatable bonds is 7. The van der Waals surface area contributed by atoms with Gasteiger partial charge in [0.25, 0.3) is 0 Å². The number of piperazine rings is 1. The average molecular weight is 502 g/mol. The molecule has 8 heteroatoms. The van der Waals surface area contributed by atoms with Crippen molar-refractivity contribution in [3.05, 3.63) is 76.8 Å². The molecule has 2 fully saturated rings. The van der Waals surface area contributed by atoms with Crippen LogP contribution in [0.5, 0.6) is 0 Å². The van der Waals surface area contributed by atoms with Gasteiger partial charge in [0, 0.05) is 50.8 Å². The van der Waals surface area contributed by atoms with Crippen LogP contribution in [0.25, 0.3) is 6.08 Å². The minimum absolute atomic E-state index is 0.0692. The second kappa shape index (κ2) is 11.5. The molecule has 2 heterocycles. The topological polar surface area (TPSA) is 60.9 Å². The van der Waals surface area contributed by atoms with Crippen LogP contribution in [-0.4, -0.2) is 74.2 Å². The van der Waals surface area contributed by atoms with Gasteiger partial charge in [-0.2, -0.15) is 0 Å². The molecule has 0 radical (unpaired) electrons. The van der Waals surface area contributed by atoms with Crippen LogP contribution in [0.3, 0.4) is 0 Å². The summed E-state index contributed by atoms with van der Waals surface area (Å²) in [5, 5.41) is 0.581. The lowest BCUT2D eigenvalue weighted by atomic mass is 9.98. The van der Waals surface area contributed by atoms with Crippen LogP contribution in [0, 0.1) is 5.92 Å². The van der Waals surface area contributed by atoms with E-state index in [1.165, 1.54) is 9.87 Å². The third-order valence-corrected chi connectivity index (χ3v) is 8.62. The summed E-state index contributed by atoms with van der Waals surface area (Å²) >= 11 is 5.91. The van der Waals surface area contributed by atoms with Crippen LogP contribution in [0.2, 0.25) is 5.02 Å². The molecule has 0 N–H and O–H groups in total. The molecule has 2 aromatic carbocycles. The van der Waals surface area contributed by atoms with Gasteiger partial charge in [0.2, 0.25) is 15.9 Å². The molecule has 4 rings (SSSR count). The molecule has 0 saturated carbocycles. The van der Waals surface area contributed by atoms with Crippen molar-refractivity contribution in [2.24, 2.45) is 5.92 Å². The largest absolute Gasteiger partial charge is 0.340 e. The normalized spacial score (nSPS) is 20.6. The highest BCUT2D eigenvalue weighted by Gasteiger charge is 2.35. The second-order valence-corrected chi connectivity index (χ2v) is 11.4. The molecule has 2 aromatic rings. The highest BCUT2D eigenvalue weighted by Crippen LogP contribution is 2.24. The van der Waals surface area contributed by atoms with Crippen molar-refractivity contribution in [3.8, 4) is 0 Å². The molecular weight excluding hydrogens is 470 g/mol. The lowest BCUT2D eigenvalue weighted by Crippen LogP contribution is -2.53. The number of carbonyl (C=O) groups is 1. The van der Waals surface area contributed by atoms with Gasteiger partial charge in [-0.3, -0.25) is 9.69 Å². The van der Waals surface area contributed by atoms with Gasteiger partial charge in [-0.05, 0) is 36.1 Å². The first-order valence-corrected chi connectivity index (χ1v) is 13.8. The number of hydrogen-bond donors (Lipinski definition) is 0. The van der Waals surface area contributed by atoms with Crippen molar-refractivity contribution in [2.45, 2.75) is 18.6 Å². The summed E-state index contributed by atoms with van der Waals surface area (Å²) in [7, 11) is -3.48. The first kappa shape index (κ1) is 24.9. The SMILES string of the molecule is O=C([C@H]1CCCN(S(=O)(=O)Cc2ccc(Cl)cc2)C1)N1CCN(C/C=C/c2ccccc2)CC1. The van der Waals surface area contributed by atoms with Gasteiger partial charge in [0.1, 0.15) is 0 Å². The molecule has 0 bridgehead atoms. The molecule has 182 valence electrons. The lowest BCUT2D eigenvalue weighted by Gasteiger charge is -2.38. The van der Waals surface area contributed by atoms with Crippen molar-refractivity contribution in [1.82, 2.24) is 14.1 Å². The van der Waals surface area contributed by atoms with E-state index in [0.717, 1.165) is 26.1 Å².